The van der Waals surface area contributed by atoms with Crippen molar-refractivity contribution in [1.82, 2.24) is 0 Å². The molecular weight excluding hydrogens is 208 g/mol. The van der Waals surface area contributed by atoms with Gasteiger partial charge in [0, 0.05) is 0 Å². The van der Waals surface area contributed by atoms with Crippen LogP contribution in [-0.2, 0) is 0 Å². The number of nitrogens with one attached hydrogen (secondary N) is 1. The minimum absolute atomic E-state index is 0.756. The Morgan fingerprint density at radius 2 is 1.65 bits per heavy atom. The van der Waals surface area contributed by atoms with Crippen molar-refractivity contribution in [1.29, 1.82) is 5.41 Å². The molecule has 1 N–H and O–H groups in total. The molecule has 0 atom stereocenters. The second-order valence-electron chi connectivity index (χ2n) is 5.29. The summed E-state index contributed by atoms with van der Waals surface area (Å²) in [6.07, 6.45) is 8.12. The first-order chi connectivity index (χ1) is 8.38. The first-order valence-corrected chi connectivity index (χ1v) is 6.65. The van der Waals surface area contributed by atoms with Crippen molar-refractivity contribution in [3.63, 3.8) is 0 Å². The zero-order valence-electron chi connectivity index (χ0n) is 10.1. The maximum Gasteiger partial charge on any atom is 0.0918 e. The number of benzene rings is 1. The largest absolute Gasteiger partial charge is 0.241 e. The van der Waals surface area contributed by atoms with Crippen LogP contribution in [-0.4, -0.2) is 6.01 Å². The standard InChI is InChI=1S/C15H18N2/c16-10-17-13-7-8-14(11-3-1-4-11)15(9-13)12-5-2-6-12/h7-9,11-12,16H,1-6H2. The molecule has 0 bridgehead atoms. The lowest BCUT2D eigenvalue weighted by atomic mass is 9.71. The van der Waals surface area contributed by atoms with E-state index in [0.717, 1.165) is 17.5 Å². The third-order valence-corrected chi connectivity index (χ3v) is 4.35. The van der Waals surface area contributed by atoms with Crippen LogP contribution in [0.2, 0.25) is 0 Å². The van der Waals surface area contributed by atoms with E-state index in [0.29, 0.717) is 0 Å². The monoisotopic (exact) mass is 226 g/mol. The van der Waals surface area contributed by atoms with Gasteiger partial charge in [0.15, 0.2) is 0 Å². The maximum atomic E-state index is 6.95. The van der Waals surface area contributed by atoms with Crippen molar-refractivity contribution >= 4 is 11.7 Å². The molecule has 0 aromatic heterocycles. The van der Waals surface area contributed by atoms with E-state index in [2.05, 4.69) is 23.1 Å². The number of rotatable bonds is 3. The molecule has 2 fully saturated rings. The van der Waals surface area contributed by atoms with Gasteiger partial charge in [0.1, 0.15) is 0 Å². The summed E-state index contributed by atoms with van der Waals surface area (Å²) in [5.41, 5.74) is 3.97. The first-order valence-electron chi connectivity index (χ1n) is 6.65. The predicted molar refractivity (Wildman–Crippen MR) is 69.4 cm³/mol. The summed E-state index contributed by atoms with van der Waals surface area (Å²) in [5, 5.41) is 6.95. The molecule has 0 saturated heterocycles. The minimum Gasteiger partial charge on any atom is -0.241 e. The van der Waals surface area contributed by atoms with Crippen molar-refractivity contribution in [2.45, 2.75) is 50.4 Å². The van der Waals surface area contributed by atoms with Crippen molar-refractivity contribution in [2.75, 3.05) is 0 Å². The molecule has 0 unspecified atom stereocenters. The van der Waals surface area contributed by atoms with Crippen LogP contribution >= 0.6 is 0 Å². The Morgan fingerprint density at radius 3 is 2.18 bits per heavy atom. The average molecular weight is 226 g/mol. The predicted octanol–water partition coefficient (Wildman–Crippen LogP) is 4.61. The smallest absolute Gasteiger partial charge is 0.0918 e. The highest BCUT2D eigenvalue weighted by Crippen LogP contribution is 2.45. The second-order valence-corrected chi connectivity index (χ2v) is 5.29. The van der Waals surface area contributed by atoms with Gasteiger partial charge in [-0.25, -0.2) is 5.41 Å². The lowest BCUT2D eigenvalue weighted by Crippen LogP contribution is -2.16. The van der Waals surface area contributed by atoms with Crippen LogP contribution < -0.4 is 0 Å². The maximum absolute atomic E-state index is 6.95. The van der Waals surface area contributed by atoms with Crippen LogP contribution in [0.15, 0.2) is 23.2 Å². The topological polar surface area (TPSA) is 36.2 Å². The van der Waals surface area contributed by atoms with Gasteiger partial charge in [0.2, 0.25) is 0 Å². The van der Waals surface area contributed by atoms with Crippen LogP contribution in [0.3, 0.4) is 0 Å². The van der Waals surface area contributed by atoms with Crippen LogP contribution in [0.1, 0.15) is 61.5 Å². The molecule has 1 aromatic carbocycles. The number of nitrogens with zero attached hydrogens (tertiary/aromatic N) is 1. The lowest BCUT2D eigenvalue weighted by molar-refractivity contribution is 0.388. The molecule has 0 heterocycles. The fourth-order valence-electron chi connectivity index (χ4n) is 2.86. The summed E-state index contributed by atoms with van der Waals surface area (Å²) in [5.74, 6) is 1.55. The van der Waals surface area contributed by atoms with E-state index in [-0.39, 0.29) is 0 Å². The van der Waals surface area contributed by atoms with Crippen molar-refractivity contribution in [3.8, 4) is 0 Å². The molecule has 0 amide bonds. The number of aliphatic imine (C=N–C) groups is 1. The van der Waals surface area contributed by atoms with Crippen LogP contribution in [0, 0.1) is 5.41 Å². The van der Waals surface area contributed by atoms with Gasteiger partial charge in [-0.1, -0.05) is 18.9 Å². The lowest BCUT2D eigenvalue weighted by Gasteiger charge is -2.34. The zero-order chi connectivity index (χ0) is 11.7. The molecule has 1 aromatic rings. The molecule has 2 nitrogen and oxygen atoms in total. The molecule has 0 spiro atoms. The summed E-state index contributed by atoms with van der Waals surface area (Å²) < 4.78 is 0. The average Bonchev–Trinajstić information content (AvgIpc) is 2.17. The van der Waals surface area contributed by atoms with Gasteiger partial charge >= 0.3 is 0 Å². The van der Waals surface area contributed by atoms with E-state index in [1.54, 1.807) is 5.56 Å². The highest BCUT2D eigenvalue weighted by molar-refractivity contribution is 5.54. The molecule has 0 radical (unpaired) electrons. The van der Waals surface area contributed by atoms with Gasteiger partial charge in [-0.15, -0.1) is 0 Å². The molecule has 3 rings (SSSR count). The minimum atomic E-state index is 0.756. The van der Waals surface area contributed by atoms with Crippen molar-refractivity contribution < 1.29 is 0 Å². The van der Waals surface area contributed by atoms with Crippen LogP contribution in [0.4, 0.5) is 5.69 Å². The Bertz CT molecular complexity index is 464. The van der Waals surface area contributed by atoms with E-state index >= 15 is 0 Å². The van der Waals surface area contributed by atoms with Gasteiger partial charge in [-0.2, -0.15) is 4.99 Å². The van der Waals surface area contributed by atoms with Crippen LogP contribution in [0.25, 0.3) is 0 Å². The van der Waals surface area contributed by atoms with Crippen molar-refractivity contribution in [2.24, 2.45) is 4.99 Å². The van der Waals surface area contributed by atoms with Gasteiger partial charge < -0.3 is 0 Å². The fourth-order valence-corrected chi connectivity index (χ4v) is 2.86. The fraction of sp³-hybridized carbons (Fsp3) is 0.533. The van der Waals surface area contributed by atoms with Gasteiger partial charge in [-0.3, -0.25) is 0 Å². The molecule has 2 heteroatoms. The zero-order valence-corrected chi connectivity index (χ0v) is 10.1. The summed E-state index contributed by atoms with van der Waals surface area (Å²) in [6.45, 7) is 0. The SMILES string of the molecule is N=C=Nc1ccc(C2CCC2)c(C2CCC2)c1. The molecular formula is C15H18N2. The Labute approximate surface area is 102 Å². The summed E-state index contributed by atoms with van der Waals surface area (Å²) in [6, 6.07) is 8.61. The number of hydrogen-bond acceptors (Lipinski definition) is 2. The van der Waals surface area contributed by atoms with E-state index in [1.165, 1.54) is 44.1 Å². The van der Waals surface area contributed by atoms with Gasteiger partial charge in [0.25, 0.3) is 0 Å². The first kappa shape index (κ1) is 10.7. The van der Waals surface area contributed by atoms with Crippen LogP contribution in [0.5, 0.6) is 0 Å². The Hall–Kier alpha value is -1.40. The van der Waals surface area contributed by atoms with E-state index in [1.807, 2.05) is 6.07 Å². The highest BCUT2D eigenvalue weighted by Gasteiger charge is 2.28. The van der Waals surface area contributed by atoms with E-state index in [4.69, 9.17) is 5.41 Å². The van der Waals surface area contributed by atoms with Gasteiger partial charge in [-0.05, 0) is 60.8 Å². The molecule has 2 aliphatic carbocycles. The summed E-state index contributed by atoms with van der Waals surface area (Å²) in [4.78, 5) is 3.97. The summed E-state index contributed by atoms with van der Waals surface area (Å²) in [7, 11) is 0. The van der Waals surface area contributed by atoms with Crippen molar-refractivity contribution in [3.05, 3.63) is 29.3 Å². The quantitative estimate of drug-likeness (QED) is 0.731. The highest BCUT2D eigenvalue weighted by atomic mass is 14.7. The Balaban J connectivity index is 1.97. The molecule has 0 aliphatic heterocycles. The Morgan fingerprint density at radius 1 is 1.00 bits per heavy atom. The van der Waals surface area contributed by atoms with E-state index in [9.17, 15) is 0 Å². The molecule has 2 saturated carbocycles. The Kier molecular flexibility index (Phi) is 2.82. The summed E-state index contributed by atoms with van der Waals surface area (Å²) >= 11 is 0. The third-order valence-electron chi connectivity index (χ3n) is 4.35. The third kappa shape index (κ3) is 1.94. The van der Waals surface area contributed by atoms with E-state index < -0.39 is 0 Å². The van der Waals surface area contributed by atoms with Gasteiger partial charge in [0.05, 0.1) is 11.7 Å². The molecule has 17 heavy (non-hydrogen) atoms. The molecule has 88 valence electrons. The molecule has 2 aliphatic rings. The normalized spacial score (nSPS) is 20.2. The second kappa shape index (κ2) is 4.46. The number of hydrogen-bond donors (Lipinski definition) is 1.